The van der Waals surface area contributed by atoms with E-state index in [0.717, 1.165) is 0 Å². The summed E-state index contributed by atoms with van der Waals surface area (Å²) in [6, 6.07) is 0. The number of rotatable bonds is 6. The Balaban J connectivity index is 2.73. The zero-order chi connectivity index (χ0) is 14.6. The molecule has 2 N–H and O–H groups in total. The van der Waals surface area contributed by atoms with Gasteiger partial charge >= 0.3 is 5.97 Å². The molecule has 0 fully saturated rings. The Kier molecular flexibility index (Phi) is 5.22. The Morgan fingerprint density at radius 3 is 2.84 bits per heavy atom. The van der Waals surface area contributed by atoms with Gasteiger partial charge in [0.2, 0.25) is 0 Å². The van der Waals surface area contributed by atoms with Gasteiger partial charge in [0.25, 0.3) is 5.69 Å². The van der Waals surface area contributed by atoms with Crippen LogP contribution in [0.5, 0.6) is 0 Å². The predicted octanol–water partition coefficient (Wildman–Crippen LogP) is 2.58. The number of carbonyl (C=O) groups is 1. The third-order valence-corrected chi connectivity index (χ3v) is 3.70. The molecule has 7 nitrogen and oxygen atoms in total. The molecule has 1 unspecified atom stereocenters. The van der Waals surface area contributed by atoms with E-state index >= 15 is 0 Å². The monoisotopic (exact) mass is 331 g/mol. The average molecular weight is 332 g/mol. The Morgan fingerprint density at radius 1 is 1.68 bits per heavy atom. The van der Waals surface area contributed by atoms with Crippen molar-refractivity contribution >= 4 is 33.4 Å². The maximum absolute atomic E-state index is 10.7. The molecule has 0 aromatic carbocycles. The number of aliphatic carboxylic acids is 1. The molecule has 19 heavy (non-hydrogen) atoms. The molecule has 0 aliphatic rings. The van der Waals surface area contributed by atoms with Crippen molar-refractivity contribution in [3.63, 3.8) is 0 Å². The van der Waals surface area contributed by atoms with Crippen LogP contribution in [0.1, 0.15) is 18.9 Å². The van der Waals surface area contributed by atoms with E-state index in [0.29, 0.717) is 28.8 Å². The van der Waals surface area contributed by atoms with Crippen molar-refractivity contribution < 1.29 is 14.8 Å². The average Bonchev–Trinajstić information content (AvgIpc) is 2.33. The first-order valence-corrected chi connectivity index (χ1v) is 6.40. The molecule has 104 valence electrons. The SMILES string of the molecule is Cc1c([N+](=O)[O-])cnc(NCCC(C)C(=O)O)c1Br. The number of nitro groups is 1. The molecule has 1 aromatic rings. The number of nitrogens with one attached hydrogen (secondary N) is 1. The quantitative estimate of drug-likeness (QED) is 0.613. The van der Waals surface area contributed by atoms with Gasteiger partial charge in [-0.2, -0.15) is 0 Å². The topological polar surface area (TPSA) is 105 Å². The Morgan fingerprint density at radius 2 is 2.32 bits per heavy atom. The van der Waals surface area contributed by atoms with E-state index in [-0.39, 0.29) is 5.69 Å². The molecule has 1 heterocycles. The summed E-state index contributed by atoms with van der Waals surface area (Å²) in [5, 5.41) is 22.4. The fraction of sp³-hybridized carbons (Fsp3) is 0.455. The highest BCUT2D eigenvalue weighted by Crippen LogP contribution is 2.30. The van der Waals surface area contributed by atoms with Crippen LogP contribution >= 0.6 is 15.9 Å². The van der Waals surface area contributed by atoms with Crippen molar-refractivity contribution in [3.05, 3.63) is 26.3 Å². The summed E-state index contributed by atoms with van der Waals surface area (Å²) in [7, 11) is 0. The van der Waals surface area contributed by atoms with E-state index < -0.39 is 16.8 Å². The maximum atomic E-state index is 10.7. The van der Waals surface area contributed by atoms with Crippen LogP contribution in [0, 0.1) is 23.0 Å². The first kappa shape index (κ1) is 15.4. The van der Waals surface area contributed by atoms with E-state index in [1.165, 1.54) is 6.20 Å². The van der Waals surface area contributed by atoms with E-state index in [1.807, 2.05) is 0 Å². The van der Waals surface area contributed by atoms with E-state index in [2.05, 4.69) is 26.2 Å². The third-order valence-electron chi connectivity index (χ3n) is 2.73. The van der Waals surface area contributed by atoms with Gasteiger partial charge in [-0.15, -0.1) is 0 Å². The lowest BCUT2D eigenvalue weighted by molar-refractivity contribution is -0.385. The molecule has 0 saturated carbocycles. The first-order chi connectivity index (χ1) is 8.84. The fourth-order valence-electron chi connectivity index (χ4n) is 1.41. The highest BCUT2D eigenvalue weighted by molar-refractivity contribution is 9.10. The minimum Gasteiger partial charge on any atom is -0.481 e. The number of carboxylic acids is 1. The van der Waals surface area contributed by atoms with Gasteiger partial charge in [0.15, 0.2) is 0 Å². The zero-order valence-electron chi connectivity index (χ0n) is 10.5. The van der Waals surface area contributed by atoms with Crippen LogP contribution in [0.2, 0.25) is 0 Å². The van der Waals surface area contributed by atoms with Gasteiger partial charge < -0.3 is 10.4 Å². The lowest BCUT2D eigenvalue weighted by atomic mass is 10.1. The Labute approximate surface area is 118 Å². The number of hydrogen-bond acceptors (Lipinski definition) is 5. The van der Waals surface area contributed by atoms with E-state index in [9.17, 15) is 14.9 Å². The lowest BCUT2D eigenvalue weighted by Crippen LogP contribution is -2.15. The highest BCUT2D eigenvalue weighted by Gasteiger charge is 2.17. The van der Waals surface area contributed by atoms with Crippen molar-refractivity contribution in [2.45, 2.75) is 20.3 Å². The zero-order valence-corrected chi connectivity index (χ0v) is 12.1. The summed E-state index contributed by atoms with van der Waals surface area (Å²) in [6.07, 6.45) is 1.63. The maximum Gasteiger partial charge on any atom is 0.306 e. The van der Waals surface area contributed by atoms with Crippen LogP contribution in [0.15, 0.2) is 10.7 Å². The second-order valence-electron chi connectivity index (χ2n) is 4.14. The van der Waals surface area contributed by atoms with Gasteiger partial charge in [-0.05, 0) is 29.3 Å². The Hall–Kier alpha value is -1.70. The minimum atomic E-state index is -0.853. The summed E-state index contributed by atoms with van der Waals surface area (Å²) in [5.74, 6) is -0.834. The Bertz CT molecular complexity index is 507. The van der Waals surface area contributed by atoms with Crippen molar-refractivity contribution in [1.29, 1.82) is 0 Å². The number of aromatic nitrogens is 1. The van der Waals surface area contributed by atoms with Crippen molar-refractivity contribution in [1.82, 2.24) is 4.98 Å². The summed E-state index contributed by atoms with van der Waals surface area (Å²) in [5.41, 5.74) is 0.421. The molecule has 0 radical (unpaired) electrons. The molecule has 1 atom stereocenters. The van der Waals surface area contributed by atoms with Crippen LogP contribution in [-0.4, -0.2) is 27.5 Å². The minimum absolute atomic E-state index is 0.0590. The highest BCUT2D eigenvalue weighted by atomic mass is 79.9. The molecule has 1 rings (SSSR count). The molecule has 0 aliphatic heterocycles. The van der Waals surface area contributed by atoms with E-state index in [1.54, 1.807) is 13.8 Å². The summed E-state index contributed by atoms with van der Waals surface area (Å²) < 4.78 is 0.518. The second kappa shape index (κ2) is 6.46. The van der Waals surface area contributed by atoms with Gasteiger partial charge in [-0.3, -0.25) is 14.9 Å². The molecular weight excluding hydrogens is 318 g/mol. The first-order valence-electron chi connectivity index (χ1n) is 5.60. The predicted molar refractivity (Wildman–Crippen MR) is 73.2 cm³/mol. The number of carboxylic acid groups (broad SMARTS) is 1. The molecule has 0 saturated heterocycles. The van der Waals surface area contributed by atoms with Crippen LogP contribution in [0.4, 0.5) is 11.5 Å². The van der Waals surface area contributed by atoms with E-state index in [4.69, 9.17) is 5.11 Å². The second-order valence-corrected chi connectivity index (χ2v) is 4.94. The third kappa shape index (κ3) is 3.88. The normalized spacial score (nSPS) is 11.9. The summed E-state index contributed by atoms with van der Waals surface area (Å²) in [4.78, 5) is 24.8. The van der Waals surface area contributed by atoms with Crippen LogP contribution < -0.4 is 5.32 Å². The van der Waals surface area contributed by atoms with Gasteiger partial charge in [-0.25, -0.2) is 4.98 Å². The van der Waals surface area contributed by atoms with Crippen molar-refractivity contribution in [3.8, 4) is 0 Å². The summed E-state index contributed by atoms with van der Waals surface area (Å²) in [6.45, 7) is 3.67. The molecule has 0 aliphatic carbocycles. The number of nitrogens with zero attached hydrogens (tertiary/aromatic N) is 2. The number of pyridine rings is 1. The molecule has 1 aromatic heterocycles. The molecule has 0 amide bonds. The largest absolute Gasteiger partial charge is 0.481 e. The van der Waals surface area contributed by atoms with Crippen molar-refractivity contribution in [2.75, 3.05) is 11.9 Å². The van der Waals surface area contributed by atoms with Crippen LogP contribution in [-0.2, 0) is 4.79 Å². The molecular formula is C11H14BrN3O4. The number of anilines is 1. The summed E-state index contributed by atoms with van der Waals surface area (Å²) >= 11 is 3.25. The number of hydrogen-bond donors (Lipinski definition) is 2. The van der Waals surface area contributed by atoms with Crippen LogP contribution in [0.25, 0.3) is 0 Å². The van der Waals surface area contributed by atoms with Crippen molar-refractivity contribution in [2.24, 2.45) is 5.92 Å². The standard InChI is InChI=1S/C11H14BrN3O4/c1-6(11(16)17)3-4-13-10-9(12)7(2)8(5-14-10)15(18)19/h5-6H,3-4H2,1-2H3,(H,13,14)(H,16,17). The van der Waals surface area contributed by atoms with Gasteiger partial charge in [-0.1, -0.05) is 6.92 Å². The van der Waals surface area contributed by atoms with Crippen LogP contribution in [0.3, 0.4) is 0 Å². The lowest BCUT2D eigenvalue weighted by Gasteiger charge is -2.10. The van der Waals surface area contributed by atoms with Gasteiger partial charge in [0.05, 0.1) is 15.3 Å². The van der Waals surface area contributed by atoms with Gasteiger partial charge in [0.1, 0.15) is 12.0 Å². The smallest absolute Gasteiger partial charge is 0.306 e. The number of halogens is 1. The fourth-order valence-corrected chi connectivity index (χ4v) is 1.85. The van der Waals surface area contributed by atoms with Gasteiger partial charge in [0, 0.05) is 12.1 Å². The molecule has 0 bridgehead atoms. The molecule has 8 heteroatoms. The molecule has 0 spiro atoms.